The van der Waals surface area contributed by atoms with E-state index in [1.807, 2.05) is 20.0 Å². The zero-order valence-corrected chi connectivity index (χ0v) is 25.1. The molecule has 0 bridgehead atoms. The Kier molecular flexibility index (Phi) is 11.5. The van der Waals surface area contributed by atoms with Crippen molar-refractivity contribution in [3.8, 4) is 11.3 Å². The van der Waals surface area contributed by atoms with Crippen LogP contribution in [0, 0.1) is 32.8 Å². The predicted octanol–water partition coefficient (Wildman–Crippen LogP) is 8.38. The van der Waals surface area contributed by atoms with Crippen molar-refractivity contribution < 1.29 is 30.0 Å². The first-order valence-corrected chi connectivity index (χ1v) is 12.2. The number of rotatable bonds is 6. The third-order valence-corrected chi connectivity index (χ3v) is 6.40. The van der Waals surface area contributed by atoms with Crippen LogP contribution in [0.1, 0.15) is 76.6 Å². The van der Waals surface area contributed by atoms with Gasteiger partial charge in [0.25, 0.3) is 0 Å². The van der Waals surface area contributed by atoms with Crippen LogP contribution in [0.4, 0.5) is 0 Å². The molecular weight excluding hydrogens is 611 g/mol. The van der Waals surface area contributed by atoms with Crippen LogP contribution in [-0.4, -0.2) is 15.9 Å². The first kappa shape index (κ1) is 30.7. The molecule has 4 heteroatoms. The minimum Gasteiger partial charge on any atom is -0.512 e. The van der Waals surface area contributed by atoms with Gasteiger partial charge in [-0.3, -0.25) is 4.79 Å². The SMILES string of the molecule is CCC(=O)/C=C(\O)C(C)C.CCC(C)(C)c1ccc2c(-c3[c-]c(C)cc(C)c3)ncc(C)c2c1.[Ir]. The van der Waals surface area contributed by atoms with Gasteiger partial charge in [-0.1, -0.05) is 73.6 Å². The van der Waals surface area contributed by atoms with Crippen LogP contribution in [0.25, 0.3) is 22.0 Å². The number of aromatic nitrogens is 1. The van der Waals surface area contributed by atoms with E-state index in [-0.39, 0.29) is 43.0 Å². The van der Waals surface area contributed by atoms with Gasteiger partial charge >= 0.3 is 0 Å². The minimum atomic E-state index is -0.0220. The Labute approximate surface area is 225 Å². The number of ketones is 1. The average Bonchev–Trinajstić information content (AvgIpc) is 2.78. The smallest absolute Gasteiger partial charge is 0.158 e. The van der Waals surface area contributed by atoms with Gasteiger partial charge in [-0.2, -0.15) is 0 Å². The largest absolute Gasteiger partial charge is 0.512 e. The van der Waals surface area contributed by atoms with Crippen LogP contribution in [-0.2, 0) is 30.3 Å². The molecule has 0 atom stereocenters. The summed E-state index contributed by atoms with van der Waals surface area (Å²) in [7, 11) is 0. The van der Waals surface area contributed by atoms with Gasteiger partial charge in [0.1, 0.15) is 0 Å². The second-order valence-electron chi connectivity index (χ2n) is 10.1. The molecule has 0 fully saturated rings. The standard InChI is InChI=1S/C23H26N.C8H14O2.Ir/c1-7-23(5,6)19-8-9-20-21(13-19)17(4)14-24-22(20)18-11-15(2)10-16(3)12-18;1-4-7(9)5-8(10)6(2)3;/h8-11,13-14H,7H2,1-6H3;5-6,10H,4H2,1-3H3;/q-1;;/b;8-5-;. The van der Waals surface area contributed by atoms with E-state index >= 15 is 0 Å². The molecule has 0 aliphatic rings. The van der Waals surface area contributed by atoms with Crippen LogP contribution < -0.4 is 0 Å². The van der Waals surface area contributed by atoms with E-state index in [4.69, 9.17) is 10.1 Å². The van der Waals surface area contributed by atoms with Gasteiger partial charge in [0.2, 0.25) is 0 Å². The Balaban J connectivity index is 0.000000477. The zero-order chi connectivity index (χ0) is 25.6. The summed E-state index contributed by atoms with van der Waals surface area (Å²) in [5.74, 6) is 0.202. The Morgan fingerprint density at radius 1 is 1.09 bits per heavy atom. The maximum Gasteiger partial charge on any atom is 0.158 e. The quantitative estimate of drug-likeness (QED) is 0.166. The molecule has 3 aromatic rings. The summed E-state index contributed by atoms with van der Waals surface area (Å²) < 4.78 is 0. The van der Waals surface area contributed by atoms with E-state index in [1.165, 1.54) is 33.5 Å². The molecule has 3 rings (SSSR count). The molecule has 1 radical (unpaired) electrons. The number of hydrogen-bond donors (Lipinski definition) is 1. The van der Waals surface area contributed by atoms with Crippen molar-refractivity contribution in [3.05, 3.63) is 76.7 Å². The molecule has 3 nitrogen and oxygen atoms in total. The summed E-state index contributed by atoms with van der Waals surface area (Å²) in [4.78, 5) is 15.4. The first-order valence-electron chi connectivity index (χ1n) is 12.2. The maximum atomic E-state index is 10.7. The van der Waals surface area contributed by atoms with Crippen molar-refractivity contribution >= 4 is 16.6 Å². The Morgan fingerprint density at radius 3 is 2.29 bits per heavy atom. The molecule has 1 heterocycles. The molecule has 0 aliphatic carbocycles. The Bertz CT molecular complexity index is 1170. The molecule has 35 heavy (non-hydrogen) atoms. The van der Waals surface area contributed by atoms with Crippen molar-refractivity contribution in [2.75, 3.05) is 0 Å². The molecule has 191 valence electrons. The van der Waals surface area contributed by atoms with Crippen LogP contribution in [0.3, 0.4) is 0 Å². The zero-order valence-electron chi connectivity index (χ0n) is 22.7. The second-order valence-corrected chi connectivity index (χ2v) is 10.1. The van der Waals surface area contributed by atoms with Crippen molar-refractivity contribution in [1.82, 2.24) is 4.98 Å². The summed E-state index contributed by atoms with van der Waals surface area (Å²) in [5.41, 5.74) is 7.33. The van der Waals surface area contributed by atoms with Gasteiger partial charge in [0.15, 0.2) is 5.78 Å². The molecule has 0 aliphatic heterocycles. The number of aliphatic hydroxyl groups excluding tert-OH is 1. The number of nitrogens with zero attached hydrogens (tertiary/aromatic N) is 1. The molecule has 0 amide bonds. The van der Waals surface area contributed by atoms with E-state index in [2.05, 4.69) is 77.9 Å². The molecule has 2 aromatic carbocycles. The molecule has 0 unspecified atom stereocenters. The van der Waals surface area contributed by atoms with Gasteiger partial charge in [0.05, 0.1) is 5.76 Å². The van der Waals surface area contributed by atoms with E-state index in [0.717, 1.165) is 23.2 Å². The van der Waals surface area contributed by atoms with Crippen LogP contribution in [0.15, 0.2) is 48.4 Å². The van der Waals surface area contributed by atoms with E-state index in [1.54, 1.807) is 6.92 Å². The molecule has 0 saturated carbocycles. The average molecular weight is 651 g/mol. The molecular formula is C31H40IrNO2-. The number of carbonyl (C=O) groups is 1. The Hall–Kier alpha value is -2.29. The van der Waals surface area contributed by atoms with Crippen LogP contribution >= 0.6 is 0 Å². The second kappa shape index (κ2) is 13.1. The fourth-order valence-corrected chi connectivity index (χ4v) is 3.67. The van der Waals surface area contributed by atoms with E-state index in [9.17, 15) is 4.79 Å². The fourth-order valence-electron chi connectivity index (χ4n) is 3.67. The van der Waals surface area contributed by atoms with Crippen LogP contribution in [0.5, 0.6) is 0 Å². The number of allylic oxidation sites excluding steroid dienone is 2. The third-order valence-electron chi connectivity index (χ3n) is 6.40. The number of benzene rings is 2. The normalized spacial score (nSPS) is 11.7. The number of hydrogen-bond acceptors (Lipinski definition) is 3. The minimum absolute atomic E-state index is 0. The number of aliphatic hydroxyl groups is 1. The first-order chi connectivity index (χ1) is 15.9. The number of aryl methyl sites for hydroxylation is 3. The van der Waals surface area contributed by atoms with Gasteiger partial charge in [0, 0.05) is 44.7 Å². The van der Waals surface area contributed by atoms with Crippen molar-refractivity contribution in [2.45, 2.75) is 80.6 Å². The fraction of sp³-hybridized carbons (Fsp3) is 0.419. The predicted molar refractivity (Wildman–Crippen MR) is 144 cm³/mol. The molecule has 1 N–H and O–H groups in total. The van der Waals surface area contributed by atoms with Gasteiger partial charge < -0.3 is 10.1 Å². The Morgan fingerprint density at radius 2 is 1.74 bits per heavy atom. The van der Waals surface area contributed by atoms with Gasteiger partial charge in [-0.05, 0) is 46.4 Å². The summed E-state index contributed by atoms with van der Waals surface area (Å²) in [6, 6.07) is 14.6. The van der Waals surface area contributed by atoms with Gasteiger partial charge in [-0.25, -0.2) is 0 Å². The molecule has 0 spiro atoms. The van der Waals surface area contributed by atoms with Crippen molar-refractivity contribution in [1.29, 1.82) is 0 Å². The van der Waals surface area contributed by atoms with Crippen LogP contribution in [0.2, 0.25) is 0 Å². The van der Waals surface area contributed by atoms with Crippen molar-refractivity contribution in [2.24, 2.45) is 5.92 Å². The number of carbonyl (C=O) groups excluding carboxylic acids is 1. The van der Waals surface area contributed by atoms with E-state index in [0.29, 0.717) is 6.42 Å². The monoisotopic (exact) mass is 651 g/mol. The third kappa shape index (κ3) is 8.12. The number of pyridine rings is 1. The molecule has 0 saturated heterocycles. The summed E-state index contributed by atoms with van der Waals surface area (Å²) >= 11 is 0. The summed E-state index contributed by atoms with van der Waals surface area (Å²) in [6.45, 7) is 18.7. The summed E-state index contributed by atoms with van der Waals surface area (Å²) in [5, 5.41) is 11.6. The number of fused-ring (bicyclic) bond motifs is 1. The maximum absolute atomic E-state index is 10.7. The molecule has 1 aromatic heterocycles. The summed E-state index contributed by atoms with van der Waals surface area (Å²) in [6.07, 6.45) is 4.87. The van der Waals surface area contributed by atoms with Gasteiger partial charge in [-0.15, -0.1) is 34.9 Å². The van der Waals surface area contributed by atoms with E-state index < -0.39 is 0 Å². The van der Waals surface area contributed by atoms with Crippen molar-refractivity contribution in [3.63, 3.8) is 0 Å². The topological polar surface area (TPSA) is 50.2 Å².